The molecule has 27 heavy (non-hydrogen) atoms. The number of amides is 1. The van der Waals surface area contributed by atoms with E-state index in [-0.39, 0.29) is 5.91 Å². The predicted molar refractivity (Wildman–Crippen MR) is 105 cm³/mol. The summed E-state index contributed by atoms with van der Waals surface area (Å²) in [5, 5.41) is 2.83. The lowest BCUT2D eigenvalue weighted by Gasteiger charge is -2.15. The largest absolute Gasteiger partial charge is 0.497 e. The number of carbonyl (C=O) groups excluding carboxylic acids is 1. The first kappa shape index (κ1) is 18.3. The molecule has 0 heterocycles. The van der Waals surface area contributed by atoms with Gasteiger partial charge in [0.1, 0.15) is 23.0 Å². The van der Waals surface area contributed by atoms with Crippen molar-refractivity contribution in [3.8, 4) is 23.0 Å². The molecule has 3 rings (SSSR count). The van der Waals surface area contributed by atoms with Crippen LogP contribution in [-0.2, 0) is 4.79 Å². The molecule has 1 N–H and O–H groups in total. The smallest absolute Gasteiger partial charge is 0.265 e. The number of carbonyl (C=O) groups is 1. The van der Waals surface area contributed by atoms with Crippen molar-refractivity contribution in [3.63, 3.8) is 0 Å². The van der Waals surface area contributed by atoms with Crippen molar-refractivity contribution in [2.75, 3.05) is 12.4 Å². The molecule has 3 aromatic rings. The Hall–Kier alpha value is -3.47. The lowest BCUT2D eigenvalue weighted by molar-refractivity contribution is -0.122. The van der Waals surface area contributed by atoms with Gasteiger partial charge in [0.15, 0.2) is 6.10 Å². The topological polar surface area (TPSA) is 56.8 Å². The number of hydrogen-bond acceptors (Lipinski definition) is 4. The molecule has 0 unspecified atom stereocenters. The zero-order chi connectivity index (χ0) is 19.1. The highest BCUT2D eigenvalue weighted by Crippen LogP contribution is 2.23. The monoisotopic (exact) mass is 363 g/mol. The summed E-state index contributed by atoms with van der Waals surface area (Å²) in [4.78, 5) is 12.3. The Bertz CT molecular complexity index is 878. The van der Waals surface area contributed by atoms with Gasteiger partial charge in [-0.25, -0.2) is 0 Å². The predicted octanol–water partition coefficient (Wildman–Crippen LogP) is 4.89. The van der Waals surface area contributed by atoms with Crippen LogP contribution in [0.5, 0.6) is 23.0 Å². The van der Waals surface area contributed by atoms with Crippen LogP contribution >= 0.6 is 0 Å². The van der Waals surface area contributed by atoms with Gasteiger partial charge in [-0.2, -0.15) is 0 Å². The van der Waals surface area contributed by atoms with E-state index in [0.29, 0.717) is 22.9 Å². The molecule has 1 amide bonds. The fraction of sp³-hybridized carbons (Fsp3) is 0.136. The number of anilines is 1. The first-order chi connectivity index (χ1) is 13.1. The SMILES string of the molecule is COc1cccc(O[C@@H](C)C(=O)Nc2ccc(Oc3ccccc3)cc2)c1. The maximum absolute atomic E-state index is 12.3. The van der Waals surface area contributed by atoms with Gasteiger partial charge in [-0.1, -0.05) is 24.3 Å². The van der Waals surface area contributed by atoms with E-state index in [1.54, 1.807) is 50.4 Å². The Labute approximate surface area is 158 Å². The number of ether oxygens (including phenoxy) is 3. The van der Waals surface area contributed by atoms with Crippen LogP contribution in [0.25, 0.3) is 0 Å². The van der Waals surface area contributed by atoms with Crippen LogP contribution < -0.4 is 19.5 Å². The van der Waals surface area contributed by atoms with E-state index in [9.17, 15) is 4.79 Å². The second-order valence-corrected chi connectivity index (χ2v) is 5.87. The molecule has 5 nitrogen and oxygen atoms in total. The van der Waals surface area contributed by atoms with Crippen LogP contribution in [0.2, 0.25) is 0 Å². The van der Waals surface area contributed by atoms with Gasteiger partial charge in [0, 0.05) is 11.8 Å². The van der Waals surface area contributed by atoms with Crippen molar-refractivity contribution in [1.29, 1.82) is 0 Å². The van der Waals surface area contributed by atoms with E-state index in [2.05, 4.69) is 5.32 Å². The zero-order valence-corrected chi connectivity index (χ0v) is 15.2. The minimum atomic E-state index is -0.655. The molecule has 0 aliphatic heterocycles. The molecule has 1 atom stereocenters. The lowest BCUT2D eigenvalue weighted by Crippen LogP contribution is -2.30. The Kier molecular flexibility index (Phi) is 5.94. The van der Waals surface area contributed by atoms with Crippen LogP contribution in [0.1, 0.15) is 6.92 Å². The van der Waals surface area contributed by atoms with E-state index in [4.69, 9.17) is 14.2 Å². The van der Waals surface area contributed by atoms with Crippen molar-refractivity contribution >= 4 is 11.6 Å². The summed E-state index contributed by atoms with van der Waals surface area (Å²) in [6.07, 6.45) is -0.655. The molecule has 138 valence electrons. The quantitative estimate of drug-likeness (QED) is 0.649. The lowest BCUT2D eigenvalue weighted by atomic mass is 10.2. The van der Waals surface area contributed by atoms with Gasteiger partial charge in [-0.3, -0.25) is 4.79 Å². The molecule has 0 fully saturated rings. The number of rotatable bonds is 7. The second kappa shape index (κ2) is 8.76. The molecule has 0 aromatic heterocycles. The van der Waals surface area contributed by atoms with E-state index in [1.165, 1.54) is 0 Å². The highest BCUT2D eigenvalue weighted by Gasteiger charge is 2.15. The van der Waals surface area contributed by atoms with E-state index in [1.807, 2.05) is 42.5 Å². The minimum absolute atomic E-state index is 0.241. The maximum Gasteiger partial charge on any atom is 0.265 e. The van der Waals surface area contributed by atoms with Crippen LogP contribution in [-0.4, -0.2) is 19.1 Å². The highest BCUT2D eigenvalue weighted by molar-refractivity contribution is 5.94. The maximum atomic E-state index is 12.3. The van der Waals surface area contributed by atoms with Crippen molar-refractivity contribution in [2.45, 2.75) is 13.0 Å². The van der Waals surface area contributed by atoms with Crippen molar-refractivity contribution in [1.82, 2.24) is 0 Å². The van der Waals surface area contributed by atoms with Gasteiger partial charge in [-0.05, 0) is 55.5 Å². The summed E-state index contributed by atoms with van der Waals surface area (Å²) >= 11 is 0. The van der Waals surface area contributed by atoms with E-state index < -0.39 is 6.10 Å². The average Bonchev–Trinajstić information content (AvgIpc) is 2.70. The number of hydrogen-bond donors (Lipinski definition) is 1. The van der Waals surface area contributed by atoms with Crippen LogP contribution in [0.15, 0.2) is 78.9 Å². The number of benzene rings is 3. The van der Waals surface area contributed by atoms with E-state index >= 15 is 0 Å². The molecule has 0 saturated heterocycles. The molecule has 3 aromatic carbocycles. The Morgan fingerprint density at radius 3 is 2.15 bits per heavy atom. The highest BCUT2D eigenvalue weighted by atomic mass is 16.5. The molecular formula is C22H21NO4. The molecule has 0 aliphatic rings. The van der Waals surface area contributed by atoms with Gasteiger partial charge in [-0.15, -0.1) is 0 Å². The first-order valence-electron chi connectivity index (χ1n) is 8.58. The zero-order valence-electron chi connectivity index (χ0n) is 15.2. The van der Waals surface area contributed by atoms with Gasteiger partial charge in [0.05, 0.1) is 7.11 Å². The Morgan fingerprint density at radius 1 is 0.815 bits per heavy atom. The van der Waals surface area contributed by atoms with Crippen molar-refractivity contribution < 1.29 is 19.0 Å². The Morgan fingerprint density at radius 2 is 1.44 bits per heavy atom. The summed E-state index contributed by atoms with van der Waals surface area (Å²) in [6.45, 7) is 1.70. The standard InChI is InChI=1S/C22H21NO4/c1-16(26-21-10-6-9-20(15-21)25-2)22(24)23-17-11-13-19(14-12-17)27-18-7-4-3-5-8-18/h3-16H,1-2H3,(H,23,24)/t16-/m0/s1. The van der Waals surface area contributed by atoms with Crippen LogP contribution in [0, 0.1) is 0 Å². The molecule has 0 radical (unpaired) electrons. The van der Waals surface area contributed by atoms with Gasteiger partial charge in [0.2, 0.25) is 0 Å². The summed E-state index contributed by atoms with van der Waals surface area (Å²) in [7, 11) is 1.58. The second-order valence-electron chi connectivity index (χ2n) is 5.87. The van der Waals surface area contributed by atoms with E-state index in [0.717, 1.165) is 5.75 Å². The third-order valence-corrected chi connectivity index (χ3v) is 3.82. The molecule has 5 heteroatoms. The first-order valence-corrected chi connectivity index (χ1v) is 8.58. The molecule has 0 aliphatic carbocycles. The molecule has 0 spiro atoms. The summed E-state index contributed by atoms with van der Waals surface area (Å²) in [5.41, 5.74) is 0.668. The van der Waals surface area contributed by atoms with Gasteiger partial charge < -0.3 is 19.5 Å². The van der Waals surface area contributed by atoms with Gasteiger partial charge >= 0.3 is 0 Å². The molecular weight excluding hydrogens is 342 g/mol. The number of para-hydroxylation sites is 1. The molecule has 0 saturated carbocycles. The van der Waals surface area contributed by atoms with Crippen LogP contribution in [0.3, 0.4) is 0 Å². The van der Waals surface area contributed by atoms with Crippen LogP contribution in [0.4, 0.5) is 5.69 Å². The summed E-state index contributed by atoms with van der Waals surface area (Å²) < 4.78 is 16.6. The summed E-state index contributed by atoms with van der Waals surface area (Å²) in [5.74, 6) is 2.46. The Balaban J connectivity index is 1.56. The molecule has 0 bridgehead atoms. The fourth-order valence-corrected chi connectivity index (χ4v) is 2.41. The minimum Gasteiger partial charge on any atom is -0.497 e. The van der Waals surface area contributed by atoms with Gasteiger partial charge in [0.25, 0.3) is 5.91 Å². The third-order valence-electron chi connectivity index (χ3n) is 3.82. The third kappa shape index (κ3) is 5.25. The average molecular weight is 363 g/mol. The number of methoxy groups -OCH3 is 1. The summed E-state index contributed by atoms with van der Waals surface area (Å²) in [6, 6.07) is 23.8. The normalized spacial score (nSPS) is 11.3. The van der Waals surface area contributed by atoms with Crippen molar-refractivity contribution in [2.24, 2.45) is 0 Å². The van der Waals surface area contributed by atoms with Crippen molar-refractivity contribution in [3.05, 3.63) is 78.9 Å². The number of nitrogens with one attached hydrogen (secondary N) is 1. The fourth-order valence-electron chi connectivity index (χ4n) is 2.41.